The lowest BCUT2D eigenvalue weighted by Gasteiger charge is -2.30. The predicted octanol–water partition coefficient (Wildman–Crippen LogP) is 13.4. The van der Waals surface area contributed by atoms with Crippen molar-refractivity contribution < 1.29 is 9.90 Å². The lowest BCUT2D eigenvalue weighted by Crippen LogP contribution is -2.31. The largest absolute Gasteiger partial charge is 0.374 e. The van der Waals surface area contributed by atoms with Crippen LogP contribution in [0.1, 0.15) is 32.7 Å². The smallest absolute Gasteiger partial charge is 0.223 e. The maximum Gasteiger partial charge on any atom is 0.223 e. The molecule has 60 heavy (non-hydrogen) atoms. The zero-order valence-electron chi connectivity index (χ0n) is 31.3. The Morgan fingerprint density at radius 1 is 0.583 bits per heavy atom. The number of pyridine rings is 1. The second-order valence-electron chi connectivity index (χ2n) is 13.8. The van der Waals surface area contributed by atoms with Gasteiger partial charge in [-0.25, -0.2) is 19.9 Å². The van der Waals surface area contributed by atoms with Gasteiger partial charge in [0.2, 0.25) is 5.28 Å². The summed E-state index contributed by atoms with van der Waals surface area (Å²) < 4.78 is 1.80. The summed E-state index contributed by atoms with van der Waals surface area (Å²) in [5.41, 5.74) is 6.12. The standard InChI is InChI=1S/C26H18Cl3N3O.C21H11Cl3N2O/c1-32-15-30-14-24(32)26(33,17-5-8-19(27)9-6-17)18-7-10-23-22(12-18)21(13-25(29)31-23)16-3-2-4-20(28)11-16;22-15-7-4-12(5-8-15)20(27)14-6-9-18-17(11-14)19(26-21(24)25-18)13-2-1-3-16(23)10-13/h2-15,33H,1H3;1-11H. The molecular formula is C47H29Cl6N5O2. The fourth-order valence-corrected chi connectivity index (χ4v) is 8.05. The Balaban J connectivity index is 0.000000170. The van der Waals surface area contributed by atoms with Gasteiger partial charge in [0.05, 0.1) is 34.9 Å². The fourth-order valence-electron chi connectivity index (χ4n) is 7.04. The van der Waals surface area contributed by atoms with E-state index in [1.807, 2.05) is 79.8 Å². The first-order valence-corrected chi connectivity index (χ1v) is 20.5. The molecule has 9 aromatic rings. The second-order valence-corrected chi connectivity index (χ2v) is 16.2. The first-order chi connectivity index (χ1) is 28.9. The maximum atomic E-state index is 12.8. The third-order valence-electron chi connectivity index (χ3n) is 9.92. The van der Waals surface area contributed by atoms with Gasteiger partial charge in [-0.05, 0) is 131 Å². The lowest BCUT2D eigenvalue weighted by molar-refractivity contribution is 0.103. The van der Waals surface area contributed by atoms with Gasteiger partial charge in [-0.15, -0.1) is 0 Å². The number of aryl methyl sites for hydroxylation is 1. The summed E-state index contributed by atoms with van der Waals surface area (Å²) in [4.78, 5) is 30.2. The Bertz CT molecular complexity index is 3070. The van der Waals surface area contributed by atoms with E-state index < -0.39 is 5.60 Å². The molecule has 9 rings (SSSR count). The molecule has 0 fully saturated rings. The van der Waals surface area contributed by atoms with Gasteiger partial charge < -0.3 is 9.67 Å². The van der Waals surface area contributed by atoms with Gasteiger partial charge in [-0.3, -0.25) is 4.79 Å². The Hall–Kier alpha value is -5.35. The number of hydrogen-bond donors (Lipinski definition) is 1. The van der Waals surface area contributed by atoms with Crippen molar-refractivity contribution in [2.24, 2.45) is 7.05 Å². The highest BCUT2D eigenvalue weighted by Gasteiger charge is 2.37. The van der Waals surface area contributed by atoms with Crippen molar-refractivity contribution in [1.82, 2.24) is 24.5 Å². The molecule has 1 unspecified atom stereocenters. The number of benzene rings is 6. The van der Waals surface area contributed by atoms with E-state index in [1.165, 1.54) is 0 Å². The molecule has 3 heterocycles. The van der Waals surface area contributed by atoms with Crippen LogP contribution in [-0.4, -0.2) is 35.4 Å². The van der Waals surface area contributed by atoms with Gasteiger partial charge in [0, 0.05) is 54.6 Å². The summed E-state index contributed by atoms with van der Waals surface area (Å²) >= 11 is 36.8. The lowest BCUT2D eigenvalue weighted by atomic mass is 9.82. The molecule has 0 saturated heterocycles. The number of halogens is 6. The summed E-state index contributed by atoms with van der Waals surface area (Å²) in [6.07, 6.45) is 3.33. The molecule has 0 saturated carbocycles. The average Bonchev–Trinajstić information content (AvgIpc) is 3.69. The summed E-state index contributed by atoms with van der Waals surface area (Å²) in [7, 11) is 1.85. The van der Waals surface area contributed by atoms with Gasteiger partial charge >= 0.3 is 0 Å². The number of rotatable bonds is 7. The molecule has 0 bridgehead atoms. The molecule has 0 radical (unpaired) electrons. The van der Waals surface area contributed by atoms with E-state index in [0.717, 1.165) is 27.5 Å². The van der Waals surface area contributed by atoms with Crippen LogP contribution in [0.25, 0.3) is 44.2 Å². The van der Waals surface area contributed by atoms with E-state index in [1.54, 1.807) is 83.8 Å². The van der Waals surface area contributed by atoms with Crippen molar-refractivity contribution in [2.75, 3.05) is 0 Å². The Kier molecular flexibility index (Phi) is 12.0. The molecule has 6 aromatic carbocycles. The minimum atomic E-state index is -1.48. The number of imidazole rings is 1. The summed E-state index contributed by atoms with van der Waals surface area (Å²) in [5.74, 6) is -0.111. The minimum Gasteiger partial charge on any atom is -0.374 e. The van der Waals surface area contributed by atoms with Crippen molar-refractivity contribution in [3.05, 3.63) is 211 Å². The third kappa shape index (κ3) is 8.49. The molecular weight excluding hydrogens is 879 g/mol. The molecule has 0 aliphatic carbocycles. The van der Waals surface area contributed by atoms with Crippen LogP contribution in [0.3, 0.4) is 0 Å². The van der Waals surface area contributed by atoms with E-state index in [4.69, 9.17) is 69.6 Å². The van der Waals surface area contributed by atoms with Crippen LogP contribution in [0.4, 0.5) is 0 Å². The number of nitrogens with zero attached hydrogens (tertiary/aromatic N) is 5. The van der Waals surface area contributed by atoms with E-state index in [9.17, 15) is 9.90 Å². The van der Waals surface area contributed by atoms with E-state index >= 15 is 0 Å². The van der Waals surface area contributed by atoms with Crippen LogP contribution in [0.5, 0.6) is 0 Å². The van der Waals surface area contributed by atoms with Crippen molar-refractivity contribution in [3.8, 4) is 22.4 Å². The number of aromatic nitrogens is 5. The number of aliphatic hydroxyl groups is 1. The molecule has 0 aliphatic rings. The number of hydrogen-bond acceptors (Lipinski definition) is 6. The van der Waals surface area contributed by atoms with Crippen LogP contribution < -0.4 is 0 Å². The zero-order chi connectivity index (χ0) is 42.1. The highest BCUT2D eigenvalue weighted by molar-refractivity contribution is 6.32. The number of carbonyl (C=O) groups is 1. The quantitative estimate of drug-likeness (QED) is 0.0972. The Morgan fingerprint density at radius 2 is 1.18 bits per heavy atom. The Labute approximate surface area is 374 Å². The van der Waals surface area contributed by atoms with E-state index in [2.05, 4.69) is 19.9 Å². The SMILES string of the molecule is Cn1cncc1C(O)(c1ccc(Cl)cc1)c1ccc2nc(Cl)cc(-c3cccc(Cl)c3)c2c1.O=C(c1ccc(Cl)cc1)c1ccc2nc(Cl)nc(-c3cccc(Cl)c3)c2c1. The summed E-state index contributed by atoms with van der Waals surface area (Å²) in [6, 6.07) is 41.5. The van der Waals surface area contributed by atoms with Crippen LogP contribution in [0, 0.1) is 0 Å². The number of carbonyl (C=O) groups excluding carboxylic acids is 1. The number of fused-ring (bicyclic) bond motifs is 2. The van der Waals surface area contributed by atoms with Crippen LogP contribution in [-0.2, 0) is 12.6 Å². The van der Waals surface area contributed by atoms with Crippen LogP contribution in [0.2, 0.25) is 30.5 Å². The normalized spacial score (nSPS) is 12.2. The van der Waals surface area contributed by atoms with Gasteiger partial charge in [0.15, 0.2) is 11.4 Å². The van der Waals surface area contributed by atoms with E-state index in [0.29, 0.717) is 69.9 Å². The monoisotopic (exact) mass is 905 g/mol. The van der Waals surface area contributed by atoms with Gasteiger partial charge in [0.1, 0.15) is 5.15 Å². The molecule has 1 atom stereocenters. The molecule has 0 aliphatic heterocycles. The third-order valence-corrected chi connectivity index (χ3v) is 11.3. The topological polar surface area (TPSA) is 93.8 Å². The minimum absolute atomic E-state index is 0.111. The molecule has 3 aromatic heterocycles. The summed E-state index contributed by atoms with van der Waals surface area (Å²) in [6.45, 7) is 0. The van der Waals surface area contributed by atoms with Crippen molar-refractivity contribution in [1.29, 1.82) is 0 Å². The van der Waals surface area contributed by atoms with Crippen LogP contribution in [0.15, 0.2) is 152 Å². The van der Waals surface area contributed by atoms with E-state index in [-0.39, 0.29) is 11.1 Å². The predicted molar refractivity (Wildman–Crippen MR) is 244 cm³/mol. The molecule has 296 valence electrons. The zero-order valence-corrected chi connectivity index (χ0v) is 35.8. The second kappa shape index (κ2) is 17.3. The van der Waals surface area contributed by atoms with Crippen molar-refractivity contribution in [3.63, 3.8) is 0 Å². The van der Waals surface area contributed by atoms with Crippen LogP contribution >= 0.6 is 69.6 Å². The molecule has 7 nitrogen and oxygen atoms in total. The highest BCUT2D eigenvalue weighted by atomic mass is 35.5. The first-order valence-electron chi connectivity index (χ1n) is 18.2. The average molecular weight is 908 g/mol. The highest BCUT2D eigenvalue weighted by Crippen LogP contribution is 2.40. The van der Waals surface area contributed by atoms with Crippen molar-refractivity contribution >= 4 is 97.2 Å². The molecule has 1 N–H and O–H groups in total. The van der Waals surface area contributed by atoms with Gasteiger partial charge in [-0.1, -0.05) is 100 Å². The molecule has 0 spiro atoms. The Morgan fingerprint density at radius 3 is 1.85 bits per heavy atom. The molecule has 0 amide bonds. The maximum absolute atomic E-state index is 12.8. The van der Waals surface area contributed by atoms with Gasteiger partial charge in [0.25, 0.3) is 0 Å². The fraction of sp³-hybridized carbons (Fsp3) is 0.0426. The van der Waals surface area contributed by atoms with Gasteiger partial charge in [-0.2, -0.15) is 0 Å². The first kappa shape index (κ1) is 41.4. The molecule has 13 heteroatoms. The summed E-state index contributed by atoms with van der Waals surface area (Å²) in [5, 5.41) is 16.7. The number of ketones is 1. The van der Waals surface area contributed by atoms with Crippen molar-refractivity contribution in [2.45, 2.75) is 5.60 Å².